The second-order valence-corrected chi connectivity index (χ2v) is 6.85. The van der Waals surface area contributed by atoms with Gasteiger partial charge < -0.3 is 10.7 Å². The Morgan fingerprint density at radius 1 is 1.34 bits per heavy atom. The van der Waals surface area contributed by atoms with Gasteiger partial charge in [-0.3, -0.25) is 9.48 Å². The fourth-order valence-electron chi connectivity index (χ4n) is 3.36. The van der Waals surface area contributed by atoms with Gasteiger partial charge in [0.2, 0.25) is 5.43 Å². The highest BCUT2D eigenvalue weighted by Crippen LogP contribution is 2.37. The third-order valence-electron chi connectivity index (χ3n) is 4.79. The molecule has 0 bridgehead atoms. The Morgan fingerprint density at radius 2 is 2.14 bits per heavy atom. The second kappa shape index (κ2) is 8.59. The summed E-state index contributed by atoms with van der Waals surface area (Å²) in [5.41, 5.74) is -0.513. The molecule has 154 valence electrons. The lowest BCUT2D eigenvalue weighted by molar-refractivity contribution is -0.0964. The molecule has 29 heavy (non-hydrogen) atoms. The van der Waals surface area contributed by atoms with Gasteiger partial charge in [0.25, 0.3) is 0 Å². The van der Waals surface area contributed by atoms with Crippen LogP contribution in [0.2, 0.25) is 0 Å². The van der Waals surface area contributed by atoms with Crippen LogP contribution in [0.3, 0.4) is 0 Å². The fraction of sp³-hybridized carbons (Fsp3) is 0.350. The van der Waals surface area contributed by atoms with Crippen molar-refractivity contribution in [1.29, 1.82) is 5.41 Å². The van der Waals surface area contributed by atoms with Crippen LogP contribution in [0, 0.1) is 11.2 Å². The highest BCUT2D eigenvalue weighted by molar-refractivity contribution is 5.56. The van der Waals surface area contributed by atoms with E-state index in [0.717, 1.165) is 6.21 Å². The van der Waals surface area contributed by atoms with Crippen LogP contribution in [0.1, 0.15) is 43.5 Å². The number of nitrogens with one attached hydrogen (secondary N) is 2. The first kappa shape index (κ1) is 20.8. The smallest absolute Gasteiger partial charge is 0.376 e. The second-order valence-electron chi connectivity index (χ2n) is 6.85. The van der Waals surface area contributed by atoms with Gasteiger partial charge in [-0.25, -0.2) is 4.39 Å². The molecule has 1 aromatic heterocycles. The summed E-state index contributed by atoms with van der Waals surface area (Å²) in [5, 5.41) is 14.7. The van der Waals surface area contributed by atoms with Gasteiger partial charge in [0.15, 0.2) is 0 Å². The minimum Gasteiger partial charge on any atom is -0.376 e. The predicted octanol–water partition coefficient (Wildman–Crippen LogP) is 4.79. The quantitative estimate of drug-likeness (QED) is 0.410. The van der Waals surface area contributed by atoms with E-state index in [1.807, 2.05) is 0 Å². The van der Waals surface area contributed by atoms with E-state index in [1.165, 1.54) is 41.2 Å². The topological polar surface area (TPSA) is 70.8 Å². The van der Waals surface area contributed by atoms with Crippen molar-refractivity contribution in [1.82, 2.24) is 9.78 Å². The molecule has 3 rings (SSSR count). The van der Waals surface area contributed by atoms with E-state index in [1.54, 1.807) is 6.07 Å². The van der Waals surface area contributed by atoms with Crippen LogP contribution in [0.5, 0.6) is 0 Å². The molecular formula is C20H20F4N4O. The molecule has 2 aromatic rings. The molecule has 2 atom stereocenters. The molecule has 2 unspecified atom stereocenters. The molecule has 0 fully saturated rings. The molecule has 1 aliphatic rings. The van der Waals surface area contributed by atoms with Crippen LogP contribution >= 0.6 is 0 Å². The number of rotatable bonds is 6. The average Bonchev–Trinajstić information content (AvgIpc) is 2.68. The molecule has 1 aromatic carbocycles. The number of alkyl halides is 3. The number of benzene rings is 1. The molecule has 0 radical (unpaired) electrons. The molecule has 0 saturated heterocycles. The lowest BCUT2D eigenvalue weighted by atomic mass is 9.94. The minimum atomic E-state index is -4.39. The van der Waals surface area contributed by atoms with E-state index >= 15 is 0 Å². The van der Waals surface area contributed by atoms with Crippen LogP contribution in [-0.4, -0.2) is 22.2 Å². The standard InChI is InChI=1S/C20H20F4N4O/c21-14-4-2-5-15(12-14)26-17(7-9-25)19-18(29)8-10-28(27-19)16-6-1-3-13(11-16)20(22,23)24/h2-5,8-10,12,16-17,25-26H,1,6-7,11H2. The van der Waals surface area contributed by atoms with Gasteiger partial charge in [-0.2, -0.15) is 18.3 Å². The van der Waals surface area contributed by atoms with Gasteiger partial charge in [-0.1, -0.05) is 12.1 Å². The van der Waals surface area contributed by atoms with E-state index in [0.29, 0.717) is 12.1 Å². The van der Waals surface area contributed by atoms with Gasteiger partial charge in [-0.15, -0.1) is 0 Å². The molecular weight excluding hydrogens is 388 g/mol. The Morgan fingerprint density at radius 3 is 2.83 bits per heavy atom. The third kappa shape index (κ3) is 5.10. The van der Waals surface area contributed by atoms with Gasteiger partial charge in [0, 0.05) is 29.9 Å². The normalized spacial score (nSPS) is 18.1. The zero-order valence-corrected chi connectivity index (χ0v) is 15.4. The van der Waals surface area contributed by atoms with E-state index in [2.05, 4.69) is 10.4 Å². The lowest BCUT2D eigenvalue weighted by Crippen LogP contribution is -2.28. The molecule has 0 aliphatic heterocycles. The summed E-state index contributed by atoms with van der Waals surface area (Å²) in [5.74, 6) is -0.462. The van der Waals surface area contributed by atoms with Crippen LogP contribution in [0.4, 0.5) is 23.2 Å². The maximum absolute atomic E-state index is 13.5. The van der Waals surface area contributed by atoms with Crippen LogP contribution in [0.25, 0.3) is 0 Å². The van der Waals surface area contributed by atoms with E-state index in [9.17, 15) is 22.4 Å². The zero-order valence-electron chi connectivity index (χ0n) is 15.4. The Labute approximate surface area is 164 Å². The monoisotopic (exact) mass is 408 g/mol. The summed E-state index contributed by atoms with van der Waals surface area (Å²) in [6.07, 6.45) is -0.0619. The first-order chi connectivity index (χ1) is 13.8. The fourth-order valence-corrected chi connectivity index (χ4v) is 3.36. The summed E-state index contributed by atoms with van der Waals surface area (Å²) in [7, 11) is 0. The first-order valence-corrected chi connectivity index (χ1v) is 9.14. The summed E-state index contributed by atoms with van der Waals surface area (Å²) in [4.78, 5) is 12.4. The highest BCUT2D eigenvalue weighted by Gasteiger charge is 2.36. The van der Waals surface area contributed by atoms with Crippen molar-refractivity contribution >= 4 is 11.9 Å². The van der Waals surface area contributed by atoms with Gasteiger partial charge >= 0.3 is 6.18 Å². The van der Waals surface area contributed by atoms with Crippen LogP contribution < -0.4 is 10.7 Å². The number of aromatic nitrogens is 2. The van der Waals surface area contributed by atoms with Crippen molar-refractivity contribution in [2.24, 2.45) is 0 Å². The number of halogens is 4. The number of allylic oxidation sites excluding steroid dienone is 2. The highest BCUT2D eigenvalue weighted by atomic mass is 19.4. The predicted molar refractivity (Wildman–Crippen MR) is 102 cm³/mol. The lowest BCUT2D eigenvalue weighted by Gasteiger charge is -2.26. The molecule has 2 N–H and O–H groups in total. The number of hydrogen-bond acceptors (Lipinski definition) is 4. The van der Waals surface area contributed by atoms with Crippen molar-refractivity contribution in [2.75, 3.05) is 5.32 Å². The van der Waals surface area contributed by atoms with Crippen molar-refractivity contribution in [3.63, 3.8) is 0 Å². The summed E-state index contributed by atoms with van der Waals surface area (Å²) >= 11 is 0. The summed E-state index contributed by atoms with van der Waals surface area (Å²) < 4.78 is 54.0. The zero-order chi connectivity index (χ0) is 21.0. The summed E-state index contributed by atoms with van der Waals surface area (Å²) in [6, 6.07) is 5.67. The molecule has 0 amide bonds. The van der Waals surface area contributed by atoms with Crippen molar-refractivity contribution in [3.8, 4) is 0 Å². The largest absolute Gasteiger partial charge is 0.412 e. The van der Waals surface area contributed by atoms with Crippen molar-refractivity contribution in [2.45, 2.75) is 43.9 Å². The van der Waals surface area contributed by atoms with Gasteiger partial charge in [-0.05, 0) is 43.7 Å². The minimum absolute atomic E-state index is 0.0726. The maximum atomic E-state index is 13.5. The van der Waals surface area contributed by atoms with Crippen LogP contribution in [0.15, 0.2) is 53.0 Å². The Balaban J connectivity index is 1.89. The molecule has 1 heterocycles. The molecule has 5 nitrogen and oxygen atoms in total. The van der Waals surface area contributed by atoms with Crippen LogP contribution in [-0.2, 0) is 0 Å². The molecule has 1 aliphatic carbocycles. The summed E-state index contributed by atoms with van der Waals surface area (Å²) in [6.45, 7) is 0. The Kier molecular flexibility index (Phi) is 6.14. The molecule has 0 spiro atoms. The van der Waals surface area contributed by atoms with Gasteiger partial charge in [0.1, 0.15) is 11.5 Å². The third-order valence-corrected chi connectivity index (χ3v) is 4.79. The van der Waals surface area contributed by atoms with Crippen molar-refractivity contribution < 1.29 is 17.6 Å². The molecule has 0 saturated carbocycles. The number of nitrogens with zero attached hydrogens (tertiary/aromatic N) is 2. The van der Waals surface area contributed by atoms with E-state index in [4.69, 9.17) is 5.41 Å². The average molecular weight is 408 g/mol. The molecule has 9 heteroatoms. The van der Waals surface area contributed by atoms with E-state index < -0.39 is 35.1 Å². The van der Waals surface area contributed by atoms with E-state index in [-0.39, 0.29) is 25.0 Å². The van der Waals surface area contributed by atoms with Crippen molar-refractivity contribution in [3.05, 3.63) is 69.9 Å². The number of anilines is 1. The number of hydrogen-bond donors (Lipinski definition) is 2. The first-order valence-electron chi connectivity index (χ1n) is 9.14. The Hall–Kier alpha value is -2.97. The van der Waals surface area contributed by atoms with Gasteiger partial charge in [0.05, 0.1) is 12.1 Å². The maximum Gasteiger partial charge on any atom is 0.412 e. The Bertz CT molecular complexity index is 967. The SMILES string of the molecule is N=CCC(Nc1cccc(F)c1)c1nn(C2CCC=C(C(F)(F)F)C2)ccc1=O.